The molecule has 0 bridgehead atoms. The zero-order valence-electron chi connectivity index (χ0n) is 35.5. The molecule has 2 N–H and O–H groups in total. The third-order valence-electron chi connectivity index (χ3n) is 9.91. The molecule has 0 aliphatic heterocycles. The topological polar surface area (TPSA) is 108 Å². The van der Waals surface area contributed by atoms with Gasteiger partial charge in [0.2, 0.25) is 5.91 Å². The maximum atomic E-state index is 12.8. The molecule has 0 spiro atoms. The molecule has 3 atom stereocenters. The van der Waals surface area contributed by atoms with E-state index in [2.05, 4.69) is 43.5 Å². The van der Waals surface area contributed by atoms with Crippen LogP contribution in [-0.4, -0.2) is 68.5 Å². The van der Waals surface area contributed by atoms with Crippen molar-refractivity contribution in [2.45, 2.75) is 212 Å². The molecule has 8 nitrogen and oxygen atoms in total. The van der Waals surface area contributed by atoms with Crippen LogP contribution in [0, 0.1) is 0 Å². The minimum atomic E-state index is -4.56. The molecule has 0 aromatic carbocycles. The monoisotopic (exact) mass is 771 g/mol. The largest absolute Gasteiger partial charge is 0.756 e. The maximum absolute atomic E-state index is 12.8. The van der Waals surface area contributed by atoms with Crippen molar-refractivity contribution in [2.75, 3.05) is 40.9 Å². The Balaban J connectivity index is 4.25. The van der Waals surface area contributed by atoms with Gasteiger partial charge >= 0.3 is 0 Å². The lowest BCUT2D eigenvalue weighted by molar-refractivity contribution is -0.870. The van der Waals surface area contributed by atoms with Crippen molar-refractivity contribution in [1.29, 1.82) is 0 Å². The fourth-order valence-electron chi connectivity index (χ4n) is 6.32. The molecule has 9 heteroatoms. The molecular weight excluding hydrogens is 683 g/mol. The van der Waals surface area contributed by atoms with Gasteiger partial charge in [-0.2, -0.15) is 0 Å². The summed E-state index contributed by atoms with van der Waals surface area (Å²) in [5, 5.41) is 13.8. The molecule has 0 aliphatic carbocycles. The summed E-state index contributed by atoms with van der Waals surface area (Å²) >= 11 is 0. The van der Waals surface area contributed by atoms with Gasteiger partial charge in [-0.05, 0) is 64.2 Å². The standard InChI is InChI=1S/C44H87N2O6P/c1-6-8-10-12-14-16-18-19-20-21-22-23-24-25-26-27-28-30-32-34-36-38-44(48)45-42(41-52-53(49,50)51-40-39-46(3,4)5)43(47)37-35-33-31-29-17-15-13-11-9-7-2/h17,19-20,29,42-43,47H,6-16,18,21-28,30-41H2,1-5H3,(H-,45,48,49,50)/b20-19+,29-17+/t42-,43+/m0/s1. The Hall–Kier alpha value is -1.02. The quantitative estimate of drug-likeness (QED) is 0.0278. The first-order valence-corrected chi connectivity index (χ1v) is 23.6. The summed E-state index contributed by atoms with van der Waals surface area (Å²) < 4.78 is 23.2. The molecular formula is C44H87N2O6P. The van der Waals surface area contributed by atoms with Crippen molar-refractivity contribution in [1.82, 2.24) is 5.32 Å². The van der Waals surface area contributed by atoms with E-state index in [1.165, 1.54) is 128 Å². The Kier molecular flexibility index (Phi) is 35.9. The molecule has 0 fully saturated rings. The van der Waals surface area contributed by atoms with Crippen LogP contribution in [0.3, 0.4) is 0 Å². The van der Waals surface area contributed by atoms with Gasteiger partial charge in [0.15, 0.2) is 0 Å². The van der Waals surface area contributed by atoms with Crippen LogP contribution in [0.1, 0.15) is 200 Å². The number of nitrogens with one attached hydrogen (secondary N) is 1. The van der Waals surface area contributed by atoms with E-state index in [0.717, 1.165) is 44.9 Å². The van der Waals surface area contributed by atoms with Crippen molar-refractivity contribution < 1.29 is 32.9 Å². The van der Waals surface area contributed by atoms with Crippen molar-refractivity contribution >= 4 is 13.7 Å². The number of hydrogen-bond donors (Lipinski definition) is 2. The molecule has 0 aromatic rings. The number of carbonyl (C=O) groups is 1. The molecule has 0 heterocycles. The Morgan fingerprint density at radius 3 is 1.49 bits per heavy atom. The van der Waals surface area contributed by atoms with E-state index in [4.69, 9.17) is 9.05 Å². The molecule has 0 saturated carbocycles. The lowest BCUT2D eigenvalue weighted by atomic mass is 10.0. The van der Waals surface area contributed by atoms with Gasteiger partial charge in [0, 0.05) is 6.42 Å². The lowest BCUT2D eigenvalue weighted by Gasteiger charge is -2.30. The van der Waals surface area contributed by atoms with E-state index in [-0.39, 0.29) is 19.1 Å². The van der Waals surface area contributed by atoms with Gasteiger partial charge in [0.1, 0.15) is 13.2 Å². The number of unbranched alkanes of at least 4 members (excludes halogenated alkanes) is 23. The normalized spacial score (nSPS) is 14.6. The predicted octanol–water partition coefficient (Wildman–Crippen LogP) is 11.5. The van der Waals surface area contributed by atoms with Gasteiger partial charge in [-0.15, -0.1) is 0 Å². The highest BCUT2D eigenvalue weighted by Gasteiger charge is 2.24. The van der Waals surface area contributed by atoms with Crippen LogP contribution in [0.25, 0.3) is 0 Å². The summed E-state index contributed by atoms with van der Waals surface area (Å²) in [6.07, 6.45) is 41.9. The summed E-state index contributed by atoms with van der Waals surface area (Å²) in [7, 11) is 1.29. The van der Waals surface area contributed by atoms with E-state index in [1.54, 1.807) is 0 Å². The second kappa shape index (κ2) is 36.6. The van der Waals surface area contributed by atoms with E-state index >= 15 is 0 Å². The van der Waals surface area contributed by atoms with Crippen LogP contribution >= 0.6 is 7.82 Å². The zero-order chi connectivity index (χ0) is 39.3. The number of allylic oxidation sites excluding steroid dienone is 4. The Morgan fingerprint density at radius 2 is 1.04 bits per heavy atom. The van der Waals surface area contributed by atoms with Crippen molar-refractivity contribution in [3.8, 4) is 0 Å². The molecule has 1 amide bonds. The van der Waals surface area contributed by atoms with Gasteiger partial charge in [0.05, 0.1) is 39.9 Å². The number of amides is 1. The van der Waals surface area contributed by atoms with Gasteiger partial charge in [-0.1, -0.05) is 154 Å². The molecule has 0 radical (unpaired) electrons. The number of phosphoric acid groups is 1. The van der Waals surface area contributed by atoms with Crippen LogP contribution in [0.2, 0.25) is 0 Å². The number of quaternary nitrogens is 1. The van der Waals surface area contributed by atoms with E-state index in [1.807, 2.05) is 21.1 Å². The highest BCUT2D eigenvalue weighted by Crippen LogP contribution is 2.38. The zero-order valence-corrected chi connectivity index (χ0v) is 36.4. The Bertz CT molecular complexity index is 922. The second-order valence-corrected chi connectivity index (χ2v) is 17.8. The van der Waals surface area contributed by atoms with E-state index in [9.17, 15) is 19.4 Å². The number of rotatable bonds is 40. The Labute approximate surface area is 328 Å². The molecule has 0 aromatic heterocycles. The fraction of sp³-hybridized carbons (Fsp3) is 0.886. The van der Waals surface area contributed by atoms with Crippen molar-refractivity contribution in [2.24, 2.45) is 0 Å². The maximum Gasteiger partial charge on any atom is 0.268 e. The number of hydrogen-bond acceptors (Lipinski definition) is 6. The third kappa shape index (κ3) is 39.0. The highest BCUT2D eigenvalue weighted by molar-refractivity contribution is 7.45. The predicted molar refractivity (Wildman–Crippen MR) is 224 cm³/mol. The molecule has 53 heavy (non-hydrogen) atoms. The number of aliphatic hydroxyl groups is 1. The van der Waals surface area contributed by atoms with Gasteiger partial charge in [-0.25, -0.2) is 0 Å². The molecule has 0 saturated heterocycles. The van der Waals surface area contributed by atoms with Crippen LogP contribution in [-0.2, 0) is 18.4 Å². The van der Waals surface area contributed by atoms with Crippen molar-refractivity contribution in [3.63, 3.8) is 0 Å². The summed E-state index contributed by atoms with van der Waals surface area (Å²) in [6, 6.07) is -0.813. The first-order chi connectivity index (χ1) is 25.5. The number of nitrogens with zero attached hydrogens (tertiary/aromatic N) is 1. The number of likely N-dealkylation sites (N-methyl/N-ethyl adjacent to an activating group) is 1. The average molecular weight is 771 g/mol. The fourth-order valence-corrected chi connectivity index (χ4v) is 7.04. The molecule has 0 aliphatic rings. The minimum absolute atomic E-state index is 0.00740. The molecule has 0 rings (SSSR count). The van der Waals surface area contributed by atoms with Crippen molar-refractivity contribution in [3.05, 3.63) is 24.3 Å². The van der Waals surface area contributed by atoms with Gasteiger partial charge < -0.3 is 28.8 Å². The minimum Gasteiger partial charge on any atom is -0.756 e. The summed E-state index contributed by atoms with van der Waals surface area (Å²) in [4.78, 5) is 25.3. The third-order valence-corrected chi connectivity index (χ3v) is 10.9. The number of phosphoric ester groups is 1. The Morgan fingerprint density at radius 1 is 0.642 bits per heavy atom. The van der Waals surface area contributed by atoms with Crippen LogP contribution in [0.15, 0.2) is 24.3 Å². The first-order valence-electron chi connectivity index (χ1n) is 22.2. The van der Waals surface area contributed by atoms with Gasteiger partial charge in [-0.3, -0.25) is 9.36 Å². The highest BCUT2D eigenvalue weighted by atomic mass is 31.2. The lowest BCUT2D eigenvalue weighted by Crippen LogP contribution is -2.46. The smallest absolute Gasteiger partial charge is 0.268 e. The number of carbonyl (C=O) groups excluding carboxylic acids is 1. The summed E-state index contributed by atoms with van der Waals surface area (Å²) in [6.45, 7) is 4.66. The van der Waals surface area contributed by atoms with E-state index in [0.29, 0.717) is 23.9 Å². The SMILES string of the molecule is CCCCCC/C=C/CCCC[C@@H](O)[C@H](COP(=O)([O-])OCC[N+](C)(C)C)NC(=O)CCCCCCCCCCCCC/C=C/CCCCCCCC. The summed E-state index contributed by atoms with van der Waals surface area (Å²) in [5.41, 5.74) is 0. The van der Waals surface area contributed by atoms with Crippen LogP contribution < -0.4 is 10.2 Å². The summed E-state index contributed by atoms with van der Waals surface area (Å²) in [5.74, 6) is -0.177. The van der Waals surface area contributed by atoms with Crippen LogP contribution in [0.5, 0.6) is 0 Å². The van der Waals surface area contributed by atoms with E-state index < -0.39 is 20.0 Å². The second-order valence-electron chi connectivity index (χ2n) is 16.4. The first kappa shape index (κ1) is 52.0. The van der Waals surface area contributed by atoms with Gasteiger partial charge in [0.25, 0.3) is 7.82 Å². The van der Waals surface area contributed by atoms with Crippen LogP contribution in [0.4, 0.5) is 0 Å². The molecule has 314 valence electrons. The average Bonchev–Trinajstić information content (AvgIpc) is 3.10. The molecule has 1 unspecified atom stereocenters. The number of aliphatic hydroxyl groups excluding tert-OH is 1.